The lowest BCUT2D eigenvalue weighted by atomic mass is 9.91. The van der Waals surface area contributed by atoms with Crippen LogP contribution in [0.2, 0.25) is 5.02 Å². The Morgan fingerprint density at radius 3 is 2.88 bits per heavy atom. The summed E-state index contributed by atoms with van der Waals surface area (Å²) < 4.78 is 5.39. The second kappa shape index (κ2) is 7.29. The third-order valence-electron chi connectivity index (χ3n) is 4.47. The van der Waals surface area contributed by atoms with Gasteiger partial charge in [-0.3, -0.25) is 9.88 Å². The normalized spacial score (nSPS) is 18.4. The Bertz CT molecular complexity index is 821. The molecule has 1 aliphatic rings. The largest absolute Gasteiger partial charge is 0.337 e. The molecule has 6 nitrogen and oxygen atoms in total. The van der Waals surface area contributed by atoms with Gasteiger partial charge in [0.15, 0.2) is 0 Å². The van der Waals surface area contributed by atoms with Crippen LogP contribution in [0.4, 0.5) is 0 Å². The van der Waals surface area contributed by atoms with Gasteiger partial charge in [0, 0.05) is 24.0 Å². The molecule has 4 rings (SSSR count). The van der Waals surface area contributed by atoms with Crippen molar-refractivity contribution in [3.8, 4) is 11.5 Å². The van der Waals surface area contributed by atoms with Crippen molar-refractivity contribution in [1.29, 1.82) is 0 Å². The zero-order valence-electron chi connectivity index (χ0n) is 13.7. The monoisotopic (exact) mass is 355 g/mol. The number of halogens is 1. The minimum Gasteiger partial charge on any atom is -0.337 e. The topological polar surface area (TPSA) is 67.9 Å². The summed E-state index contributed by atoms with van der Waals surface area (Å²) in [5.74, 6) is 1.60. The van der Waals surface area contributed by atoms with Crippen LogP contribution in [0.25, 0.3) is 11.5 Å². The summed E-state index contributed by atoms with van der Waals surface area (Å²) in [6.07, 6.45) is 7.21. The Hall–Kier alpha value is -2.31. The molecule has 0 saturated carbocycles. The third-order valence-corrected chi connectivity index (χ3v) is 4.72. The van der Waals surface area contributed by atoms with Gasteiger partial charge in [-0.2, -0.15) is 4.98 Å². The molecule has 0 unspecified atom stereocenters. The second-order valence-electron chi connectivity index (χ2n) is 6.23. The predicted molar refractivity (Wildman–Crippen MR) is 94.0 cm³/mol. The highest BCUT2D eigenvalue weighted by molar-refractivity contribution is 6.30. The van der Waals surface area contributed by atoms with Crippen LogP contribution in [0.1, 0.15) is 30.2 Å². The van der Waals surface area contributed by atoms with Crippen molar-refractivity contribution in [1.82, 2.24) is 25.0 Å². The SMILES string of the molecule is Clc1ccc([C@H]2CCCN(Cc3nc(-c4cnccn4)no3)C2)cc1. The first-order valence-electron chi connectivity index (χ1n) is 8.35. The molecule has 1 atom stereocenters. The first-order chi connectivity index (χ1) is 12.3. The summed E-state index contributed by atoms with van der Waals surface area (Å²) in [6, 6.07) is 8.16. The molecule has 0 N–H and O–H groups in total. The molecule has 3 aromatic rings. The van der Waals surface area contributed by atoms with E-state index in [0.29, 0.717) is 29.9 Å². The average Bonchev–Trinajstić information content (AvgIpc) is 3.12. The molecule has 1 saturated heterocycles. The highest BCUT2D eigenvalue weighted by Gasteiger charge is 2.23. The lowest BCUT2D eigenvalue weighted by Gasteiger charge is -2.32. The number of benzene rings is 1. The maximum Gasteiger partial charge on any atom is 0.241 e. The van der Waals surface area contributed by atoms with Gasteiger partial charge in [-0.25, -0.2) is 4.98 Å². The van der Waals surface area contributed by atoms with E-state index in [2.05, 4.69) is 37.1 Å². The van der Waals surface area contributed by atoms with E-state index in [-0.39, 0.29) is 0 Å². The van der Waals surface area contributed by atoms with E-state index >= 15 is 0 Å². The molecule has 7 heteroatoms. The standard InChI is InChI=1S/C18H18ClN5O/c19-15-5-3-13(4-6-15)14-2-1-9-24(11-14)12-17-22-18(23-25-17)16-10-20-7-8-21-16/h3-8,10,14H,1-2,9,11-12H2/t14-/m0/s1. The number of piperidine rings is 1. The lowest BCUT2D eigenvalue weighted by molar-refractivity contribution is 0.177. The highest BCUT2D eigenvalue weighted by atomic mass is 35.5. The third kappa shape index (κ3) is 3.86. The zero-order chi connectivity index (χ0) is 17.1. The van der Waals surface area contributed by atoms with Crippen LogP contribution < -0.4 is 0 Å². The van der Waals surface area contributed by atoms with Crippen molar-refractivity contribution < 1.29 is 4.52 Å². The fourth-order valence-electron chi connectivity index (χ4n) is 3.24. The summed E-state index contributed by atoms with van der Waals surface area (Å²) in [7, 11) is 0. The van der Waals surface area contributed by atoms with Crippen molar-refractivity contribution in [2.75, 3.05) is 13.1 Å². The van der Waals surface area contributed by atoms with Crippen LogP contribution in [0.15, 0.2) is 47.4 Å². The molecular formula is C18H18ClN5O. The maximum absolute atomic E-state index is 5.99. The van der Waals surface area contributed by atoms with Gasteiger partial charge in [0.05, 0.1) is 12.7 Å². The van der Waals surface area contributed by atoms with Crippen LogP contribution in [-0.2, 0) is 6.54 Å². The maximum atomic E-state index is 5.99. The Labute approximate surface area is 150 Å². The summed E-state index contributed by atoms with van der Waals surface area (Å²) in [5.41, 5.74) is 1.95. The smallest absolute Gasteiger partial charge is 0.241 e. The fourth-order valence-corrected chi connectivity index (χ4v) is 3.36. The minimum atomic E-state index is 0.481. The Morgan fingerprint density at radius 2 is 2.08 bits per heavy atom. The molecule has 0 bridgehead atoms. The van der Waals surface area contributed by atoms with E-state index in [0.717, 1.165) is 24.5 Å². The second-order valence-corrected chi connectivity index (χ2v) is 6.66. The van der Waals surface area contributed by atoms with E-state index in [9.17, 15) is 0 Å². The minimum absolute atomic E-state index is 0.481. The van der Waals surface area contributed by atoms with Gasteiger partial charge < -0.3 is 4.52 Å². The van der Waals surface area contributed by atoms with Gasteiger partial charge in [0.2, 0.25) is 11.7 Å². The van der Waals surface area contributed by atoms with Gasteiger partial charge in [0.1, 0.15) is 5.69 Å². The van der Waals surface area contributed by atoms with E-state index in [1.165, 1.54) is 12.0 Å². The number of rotatable bonds is 4. The number of nitrogens with zero attached hydrogens (tertiary/aromatic N) is 5. The van der Waals surface area contributed by atoms with Gasteiger partial charge in [-0.1, -0.05) is 28.9 Å². The summed E-state index contributed by atoms with van der Waals surface area (Å²) in [4.78, 5) is 15.0. The molecule has 0 amide bonds. The molecule has 0 aliphatic carbocycles. The van der Waals surface area contributed by atoms with Crippen LogP contribution in [0, 0.1) is 0 Å². The Kier molecular flexibility index (Phi) is 4.72. The van der Waals surface area contributed by atoms with Gasteiger partial charge in [0.25, 0.3) is 0 Å². The van der Waals surface area contributed by atoms with Crippen molar-refractivity contribution in [3.63, 3.8) is 0 Å². The van der Waals surface area contributed by atoms with E-state index in [4.69, 9.17) is 16.1 Å². The first kappa shape index (κ1) is 16.2. The van der Waals surface area contributed by atoms with Gasteiger partial charge in [-0.15, -0.1) is 0 Å². The number of hydrogen-bond acceptors (Lipinski definition) is 6. The molecule has 128 valence electrons. The Balaban J connectivity index is 1.42. The van der Waals surface area contributed by atoms with Crippen molar-refractivity contribution in [2.45, 2.75) is 25.3 Å². The van der Waals surface area contributed by atoms with E-state index < -0.39 is 0 Å². The van der Waals surface area contributed by atoms with Crippen molar-refractivity contribution >= 4 is 11.6 Å². The highest BCUT2D eigenvalue weighted by Crippen LogP contribution is 2.28. The zero-order valence-corrected chi connectivity index (χ0v) is 14.4. The molecule has 2 aromatic heterocycles. The number of likely N-dealkylation sites (tertiary alicyclic amines) is 1. The summed E-state index contributed by atoms with van der Waals surface area (Å²) >= 11 is 5.99. The first-order valence-corrected chi connectivity index (χ1v) is 8.72. The molecule has 1 aliphatic heterocycles. The molecule has 0 radical (unpaired) electrons. The van der Waals surface area contributed by atoms with E-state index in [1.807, 2.05) is 12.1 Å². The van der Waals surface area contributed by atoms with Crippen LogP contribution >= 0.6 is 11.6 Å². The predicted octanol–water partition coefficient (Wildman–Crippen LogP) is 3.56. The Morgan fingerprint density at radius 1 is 1.20 bits per heavy atom. The molecule has 0 spiro atoms. The quantitative estimate of drug-likeness (QED) is 0.712. The van der Waals surface area contributed by atoms with Gasteiger partial charge >= 0.3 is 0 Å². The molecular weight excluding hydrogens is 338 g/mol. The van der Waals surface area contributed by atoms with Crippen LogP contribution in [-0.4, -0.2) is 38.1 Å². The average molecular weight is 356 g/mol. The van der Waals surface area contributed by atoms with Crippen LogP contribution in [0.5, 0.6) is 0 Å². The number of aromatic nitrogens is 4. The van der Waals surface area contributed by atoms with E-state index in [1.54, 1.807) is 18.6 Å². The molecule has 1 fully saturated rings. The van der Waals surface area contributed by atoms with Gasteiger partial charge in [-0.05, 0) is 43.0 Å². The van der Waals surface area contributed by atoms with Crippen LogP contribution in [0.3, 0.4) is 0 Å². The number of hydrogen-bond donors (Lipinski definition) is 0. The summed E-state index contributed by atoms with van der Waals surface area (Å²) in [6.45, 7) is 2.66. The molecule has 1 aromatic carbocycles. The van der Waals surface area contributed by atoms with Crippen molar-refractivity contribution in [2.24, 2.45) is 0 Å². The van der Waals surface area contributed by atoms with Crippen molar-refractivity contribution in [3.05, 3.63) is 59.3 Å². The molecule has 3 heterocycles. The lowest BCUT2D eigenvalue weighted by Crippen LogP contribution is -2.34. The fraction of sp³-hybridized carbons (Fsp3) is 0.333. The summed E-state index contributed by atoms with van der Waals surface area (Å²) in [5, 5.41) is 4.79. The molecule has 25 heavy (non-hydrogen) atoms.